The molecule has 1 aromatic heterocycles. The fourth-order valence-corrected chi connectivity index (χ4v) is 4.89. The van der Waals surface area contributed by atoms with Gasteiger partial charge in [0.1, 0.15) is 5.75 Å². The number of carbonyl (C=O) groups excluding carboxylic acids is 2. The lowest BCUT2D eigenvalue weighted by molar-refractivity contribution is -0.113. The molecule has 4 aromatic rings. The smallest absolute Gasteiger partial charge is 0.339 e. The number of phenols is 1. The maximum Gasteiger partial charge on any atom is 0.339 e. The number of anilines is 1. The van der Waals surface area contributed by atoms with Crippen molar-refractivity contribution in [2.75, 3.05) is 17.7 Å². The highest BCUT2D eigenvalue weighted by molar-refractivity contribution is 7.99. The van der Waals surface area contributed by atoms with Gasteiger partial charge in [0.2, 0.25) is 5.91 Å². The van der Waals surface area contributed by atoms with E-state index in [1.165, 1.54) is 17.8 Å². The van der Waals surface area contributed by atoms with Gasteiger partial charge in [-0.15, -0.1) is 10.2 Å². The van der Waals surface area contributed by atoms with E-state index in [1.54, 1.807) is 30.3 Å². The Hall–Kier alpha value is -3.82. The Morgan fingerprint density at radius 1 is 1.08 bits per heavy atom. The number of aromatic hydroxyl groups is 1. The number of phenolic OH excluding ortho intramolecular Hbond substituents is 1. The number of amides is 1. The van der Waals surface area contributed by atoms with Gasteiger partial charge in [0.25, 0.3) is 0 Å². The van der Waals surface area contributed by atoms with Gasteiger partial charge in [-0.1, -0.05) is 66.5 Å². The number of hydrogen-bond donors (Lipinski definition) is 2. The molecule has 0 radical (unpaired) electrons. The summed E-state index contributed by atoms with van der Waals surface area (Å²) in [5.41, 5.74) is 4.10. The number of carbonyl (C=O) groups is 2. The molecule has 3 aromatic carbocycles. The lowest BCUT2D eigenvalue weighted by Crippen LogP contribution is -2.15. The molecule has 0 atom stereocenters. The third-order valence-corrected chi connectivity index (χ3v) is 7.16. The first kappa shape index (κ1) is 28.2. The number of benzene rings is 3. The Morgan fingerprint density at radius 3 is 2.62 bits per heavy atom. The number of para-hydroxylation sites is 1. The average molecular weight is 565 g/mol. The Kier molecular flexibility index (Phi) is 9.27. The lowest BCUT2D eigenvalue weighted by atomic mass is 10.1. The van der Waals surface area contributed by atoms with Crippen LogP contribution < -0.4 is 5.32 Å². The molecule has 1 amide bonds. The molecule has 202 valence electrons. The van der Waals surface area contributed by atoms with Crippen molar-refractivity contribution in [1.82, 2.24) is 14.8 Å². The third kappa shape index (κ3) is 6.79. The van der Waals surface area contributed by atoms with Crippen LogP contribution in [0, 0.1) is 13.8 Å². The SMILES string of the molecule is CCCCOC(=O)c1cc(NC(=O)CSc2nnc(-c3ccccc3O)n2-c2ccc(C)cc2C)ccc1Cl. The molecule has 0 aliphatic rings. The summed E-state index contributed by atoms with van der Waals surface area (Å²) < 4.78 is 7.10. The highest BCUT2D eigenvalue weighted by Gasteiger charge is 2.21. The van der Waals surface area contributed by atoms with Crippen LogP contribution in [0.5, 0.6) is 5.75 Å². The molecule has 0 bridgehead atoms. The maximum atomic E-state index is 12.9. The van der Waals surface area contributed by atoms with Crippen molar-refractivity contribution in [3.8, 4) is 22.8 Å². The van der Waals surface area contributed by atoms with Crippen molar-refractivity contribution in [3.05, 3.63) is 82.4 Å². The van der Waals surface area contributed by atoms with Gasteiger partial charge in [-0.2, -0.15) is 0 Å². The minimum Gasteiger partial charge on any atom is -0.507 e. The Bertz CT molecular complexity index is 1500. The molecular weight excluding hydrogens is 536 g/mol. The van der Waals surface area contributed by atoms with Crippen LogP contribution in [0.1, 0.15) is 41.3 Å². The van der Waals surface area contributed by atoms with Crippen molar-refractivity contribution in [2.24, 2.45) is 0 Å². The normalized spacial score (nSPS) is 10.9. The molecule has 10 heteroatoms. The fourth-order valence-electron chi connectivity index (χ4n) is 3.95. The molecule has 0 aliphatic carbocycles. The standard InChI is InChI=1S/C29H29ClN4O4S/c1-4-5-14-38-28(37)22-16-20(11-12-23(22)30)31-26(36)17-39-29-33-32-27(21-8-6-7-9-25(21)35)34(29)24-13-10-18(2)15-19(24)3/h6-13,15-16,35H,4-5,14,17H2,1-3H3,(H,31,36). The minimum absolute atomic E-state index is 0.0305. The first-order valence-corrected chi connectivity index (χ1v) is 13.9. The summed E-state index contributed by atoms with van der Waals surface area (Å²) in [4.78, 5) is 25.3. The zero-order valence-electron chi connectivity index (χ0n) is 21.9. The number of rotatable bonds is 10. The van der Waals surface area contributed by atoms with E-state index < -0.39 is 5.97 Å². The molecule has 39 heavy (non-hydrogen) atoms. The summed E-state index contributed by atoms with van der Waals surface area (Å²) in [5, 5.41) is 22.7. The largest absolute Gasteiger partial charge is 0.507 e. The topological polar surface area (TPSA) is 106 Å². The summed E-state index contributed by atoms with van der Waals surface area (Å²) in [5.74, 6) is -0.254. The molecule has 2 N–H and O–H groups in total. The summed E-state index contributed by atoms with van der Waals surface area (Å²) in [6, 6.07) is 17.6. The first-order chi connectivity index (χ1) is 18.8. The van der Waals surface area contributed by atoms with E-state index >= 15 is 0 Å². The molecular formula is C29H29ClN4O4S. The summed E-state index contributed by atoms with van der Waals surface area (Å²) >= 11 is 7.40. The van der Waals surface area contributed by atoms with Gasteiger partial charge in [0, 0.05) is 5.69 Å². The van der Waals surface area contributed by atoms with E-state index in [1.807, 2.05) is 43.5 Å². The van der Waals surface area contributed by atoms with Gasteiger partial charge in [0.15, 0.2) is 11.0 Å². The van der Waals surface area contributed by atoms with Gasteiger partial charge in [-0.3, -0.25) is 9.36 Å². The number of hydrogen-bond acceptors (Lipinski definition) is 7. The molecule has 4 rings (SSSR count). The number of nitrogens with zero attached hydrogens (tertiary/aromatic N) is 3. The highest BCUT2D eigenvalue weighted by atomic mass is 35.5. The number of ether oxygens (including phenoxy) is 1. The van der Waals surface area contributed by atoms with Crippen molar-refractivity contribution < 1.29 is 19.4 Å². The number of halogens is 1. The van der Waals surface area contributed by atoms with E-state index in [0.29, 0.717) is 28.8 Å². The number of esters is 1. The minimum atomic E-state index is -0.530. The van der Waals surface area contributed by atoms with Crippen molar-refractivity contribution in [3.63, 3.8) is 0 Å². The number of thioether (sulfide) groups is 1. The van der Waals surface area contributed by atoms with Gasteiger partial charge >= 0.3 is 5.97 Å². The van der Waals surface area contributed by atoms with Crippen LogP contribution in [0.4, 0.5) is 5.69 Å². The first-order valence-electron chi connectivity index (χ1n) is 12.5. The lowest BCUT2D eigenvalue weighted by Gasteiger charge is -2.14. The Balaban J connectivity index is 1.55. The summed E-state index contributed by atoms with van der Waals surface area (Å²) in [6.45, 7) is 6.32. The van der Waals surface area contributed by atoms with Crippen LogP contribution in [-0.2, 0) is 9.53 Å². The molecule has 0 aliphatic heterocycles. The van der Waals surface area contributed by atoms with E-state index in [4.69, 9.17) is 16.3 Å². The van der Waals surface area contributed by atoms with Crippen LogP contribution in [0.25, 0.3) is 17.1 Å². The predicted octanol–water partition coefficient (Wildman–Crippen LogP) is 6.60. The zero-order chi connectivity index (χ0) is 27.9. The molecule has 8 nitrogen and oxygen atoms in total. The van der Waals surface area contributed by atoms with E-state index in [9.17, 15) is 14.7 Å². The number of nitrogens with one attached hydrogen (secondary N) is 1. The van der Waals surface area contributed by atoms with Crippen molar-refractivity contribution >= 4 is 40.9 Å². The second-order valence-corrected chi connectivity index (χ2v) is 10.3. The summed E-state index contributed by atoms with van der Waals surface area (Å²) in [6.07, 6.45) is 1.66. The third-order valence-electron chi connectivity index (χ3n) is 5.90. The van der Waals surface area contributed by atoms with Gasteiger partial charge < -0.3 is 15.2 Å². The molecule has 0 saturated carbocycles. The second-order valence-electron chi connectivity index (χ2n) is 8.97. The fraction of sp³-hybridized carbons (Fsp3) is 0.241. The van der Waals surface area contributed by atoms with E-state index in [2.05, 4.69) is 21.6 Å². The molecule has 0 spiro atoms. The van der Waals surface area contributed by atoms with Crippen LogP contribution in [0.3, 0.4) is 0 Å². The Morgan fingerprint density at radius 2 is 1.87 bits per heavy atom. The average Bonchev–Trinajstić information content (AvgIpc) is 3.32. The van der Waals surface area contributed by atoms with Crippen molar-refractivity contribution in [1.29, 1.82) is 0 Å². The van der Waals surface area contributed by atoms with Crippen LogP contribution >= 0.6 is 23.4 Å². The monoisotopic (exact) mass is 564 g/mol. The maximum absolute atomic E-state index is 12.9. The van der Waals surface area contributed by atoms with E-state index in [-0.39, 0.29) is 28.0 Å². The highest BCUT2D eigenvalue weighted by Crippen LogP contribution is 2.34. The molecule has 1 heterocycles. The molecule has 0 unspecified atom stereocenters. The van der Waals surface area contributed by atoms with Crippen LogP contribution in [-0.4, -0.2) is 44.1 Å². The zero-order valence-corrected chi connectivity index (χ0v) is 23.5. The van der Waals surface area contributed by atoms with Crippen molar-refractivity contribution in [2.45, 2.75) is 38.8 Å². The quantitative estimate of drug-likeness (QED) is 0.127. The number of aromatic nitrogens is 3. The van der Waals surface area contributed by atoms with Crippen LogP contribution in [0.15, 0.2) is 65.8 Å². The van der Waals surface area contributed by atoms with Gasteiger partial charge in [-0.05, 0) is 62.2 Å². The second kappa shape index (κ2) is 12.8. The van der Waals surface area contributed by atoms with E-state index in [0.717, 1.165) is 29.7 Å². The molecule has 0 saturated heterocycles. The number of unbranched alkanes of at least 4 members (excludes halogenated alkanes) is 1. The molecule has 0 fully saturated rings. The van der Waals surface area contributed by atoms with Gasteiger partial charge in [0.05, 0.1) is 34.2 Å². The Labute approximate surface area is 236 Å². The van der Waals surface area contributed by atoms with Gasteiger partial charge in [-0.25, -0.2) is 4.79 Å². The predicted molar refractivity (Wildman–Crippen MR) is 154 cm³/mol. The number of aryl methyl sites for hydroxylation is 2. The summed E-state index contributed by atoms with van der Waals surface area (Å²) in [7, 11) is 0. The van der Waals surface area contributed by atoms with Crippen LogP contribution in [0.2, 0.25) is 5.02 Å².